The van der Waals surface area contributed by atoms with Crippen LogP contribution in [0.15, 0.2) is 29.9 Å². The maximum Gasteiger partial charge on any atom is 0.312 e. The van der Waals surface area contributed by atoms with Crippen LogP contribution in [0.25, 0.3) is 0 Å². The molecule has 1 saturated heterocycles. The first-order valence-corrected chi connectivity index (χ1v) is 8.80. The van der Waals surface area contributed by atoms with Gasteiger partial charge in [-0.1, -0.05) is 6.07 Å². The molecule has 0 spiro atoms. The van der Waals surface area contributed by atoms with Gasteiger partial charge in [-0.3, -0.25) is 9.48 Å². The first kappa shape index (κ1) is 16.5. The van der Waals surface area contributed by atoms with Crippen LogP contribution >= 0.6 is 11.3 Å². The van der Waals surface area contributed by atoms with Crippen molar-refractivity contribution >= 4 is 23.3 Å². The predicted molar refractivity (Wildman–Crippen MR) is 91.3 cm³/mol. The Balaban J connectivity index is 1.73. The Morgan fingerprint density at radius 1 is 1.54 bits per heavy atom. The Bertz CT molecular complexity index is 712. The van der Waals surface area contributed by atoms with Crippen LogP contribution in [0.3, 0.4) is 0 Å². The molecule has 2 aromatic heterocycles. The van der Waals surface area contributed by atoms with Crippen molar-refractivity contribution in [1.82, 2.24) is 20.0 Å². The van der Waals surface area contributed by atoms with Gasteiger partial charge in [0.2, 0.25) is 5.91 Å². The zero-order chi connectivity index (χ0) is 17.1. The zero-order valence-electron chi connectivity index (χ0n) is 13.5. The monoisotopic (exact) mass is 347 g/mol. The maximum absolute atomic E-state index is 12.8. The molecule has 8 heteroatoms. The maximum atomic E-state index is 12.8. The van der Waals surface area contributed by atoms with E-state index in [1.165, 1.54) is 11.3 Å². The van der Waals surface area contributed by atoms with Crippen molar-refractivity contribution in [2.45, 2.75) is 31.3 Å². The lowest BCUT2D eigenvalue weighted by Gasteiger charge is -2.26. The summed E-state index contributed by atoms with van der Waals surface area (Å²) in [6, 6.07) is 2.86. The minimum absolute atomic E-state index is 0.0218. The molecule has 7 nitrogen and oxygen atoms in total. The van der Waals surface area contributed by atoms with E-state index in [4.69, 9.17) is 5.73 Å². The van der Waals surface area contributed by atoms with E-state index < -0.39 is 6.03 Å². The summed E-state index contributed by atoms with van der Waals surface area (Å²) in [5.41, 5.74) is 6.32. The highest BCUT2D eigenvalue weighted by Crippen LogP contribution is 2.33. The number of likely N-dealkylation sites (tertiary alicyclic amines) is 1. The molecule has 0 aromatic carbocycles. The predicted octanol–water partition coefficient (Wildman–Crippen LogP) is 1.94. The molecule has 2 atom stereocenters. The first-order chi connectivity index (χ1) is 11.5. The highest BCUT2D eigenvalue weighted by atomic mass is 32.1. The molecule has 3 N–H and O–H groups in total. The van der Waals surface area contributed by atoms with Crippen molar-refractivity contribution in [2.75, 3.05) is 6.54 Å². The minimum Gasteiger partial charge on any atom is -0.352 e. The van der Waals surface area contributed by atoms with Crippen LogP contribution in [0.4, 0.5) is 4.79 Å². The lowest BCUT2D eigenvalue weighted by Crippen LogP contribution is -2.38. The highest BCUT2D eigenvalue weighted by molar-refractivity contribution is 7.10. The van der Waals surface area contributed by atoms with Gasteiger partial charge in [-0.15, -0.1) is 11.3 Å². The van der Waals surface area contributed by atoms with Crippen LogP contribution in [-0.4, -0.2) is 33.2 Å². The topological polar surface area (TPSA) is 93.3 Å². The molecule has 3 heterocycles. The van der Waals surface area contributed by atoms with Crippen molar-refractivity contribution in [3.63, 3.8) is 0 Å². The standard InChI is InChI=1S/C16H21N5O2S/c1-20-10-11(9-18-20)13-4-2-6-21(13)15(22)8-12(19-16(17)23)14-5-3-7-24-14/h3,5,7,9-10,12-13H,2,4,6,8H2,1H3,(H3,17,19,23)/t12-,13-/m1/s1. The average Bonchev–Trinajstić information content (AvgIpc) is 3.27. The molecule has 0 saturated carbocycles. The number of nitrogens with one attached hydrogen (secondary N) is 1. The van der Waals surface area contributed by atoms with Gasteiger partial charge in [0, 0.05) is 30.2 Å². The number of aryl methyl sites for hydroxylation is 1. The molecule has 1 aliphatic heterocycles. The first-order valence-electron chi connectivity index (χ1n) is 7.92. The fraction of sp³-hybridized carbons (Fsp3) is 0.438. The average molecular weight is 347 g/mol. The van der Waals surface area contributed by atoms with Gasteiger partial charge < -0.3 is 16.0 Å². The van der Waals surface area contributed by atoms with Crippen molar-refractivity contribution in [1.29, 1.82) is 0 Å². The lowest BCUT2D eigenvalue weighted by atomic mass is 10.1. The summed E-state index contributed by atoms with van der Waals surface area (Å²) >= 11 is 1.50. The number of hydrogen-bond acceptors (Lipinski definition) is 4. The van der Waals surface area contributed by atoms with Crippen LogP contribution in [0.5, 0.6) is 0 Å². The van der Waals surface area contributed by atoms with Crippen LogP contribution in [0, 0.1) is 0 Å². The second-order valence-corrected chi connectivity index (χ2v) is 6.95. The van der Waals surface area contributed by atoms with Crippen LogP contribution < -0.4 is 11.1 Å². The number of primary amides is 1. The lowest BCUT2D eigenvalue weighted by molar-refractivity contribution is -0.132. The number of nitrogens with zero attached hydrogens (tertiary/aromatic N) is 3. The van der Waals surface area contributed by atoms with Crippen molar-refractivity contribution in [3.8, 4) is 0 Å². The summed E-state index contributed by atoms with van der Waals surface area (Å²) in [4.78, 5) is 26.9. The van der Waals surface area contributed by atoms with Gasteiger partial charge in [-0.2, -0.15) is 5.10 Å². The molecule has 128 valence electrons. The second kappa shape index (κ2) is 7.04. The van der Waals surface area contributed by atoms with E-state index in [1.54, 1.807) is 4.68 Å². The van der Waals surface area contributed by atoms with Gasteiger partial charge >= 0.3 is 6.03 Å². The largest absolute Gasteiger partial charge is 0.352 e. The van der Waals surface area contributed by atoms with Gasteiger partial charge in [-0.05, 0) is 24.3 Å². The van der Waals surface area contributed by atoms with E-state index in [0.29, 0.717) is 0 Å². The fourth-order valence-corrected chi connectivity index (χ4v) is 3.98. The van der Waals surface area contributed by atoms with Gasteiger partial charge in [0.25, 0.3) is 0 Å². The third kappa shape index (κ3) is 3.59. The molecule has 1 fully saturated rings. The van der Waals surface area contributed by atoms with Gasteiger partial charge in [0.05, 0.1) is 24.7 Å². The molecule has 24 heavy (non-hydrogen) atoms. The van der Waals surface area contributed by atoms with E-state index in [-0.39, 0.29) is 24.4 Å². The molecule has 1 aliphatic rings. The number of aromatic nitrogens is 2. The second-order valence-electron chi connectivity index (χ2n) is 5.97. The molecular weight excluding hydrogens is 326 g/mol. The summed E-state index contributed by atoms with van der Waals surface area (Å²) in [5, 5.41) is 8.80. The quantitative estimate of drug-likeness (QED) is 0.865. The van der Waals surface area contributed by atoms with E-state index in [0.717, 1.165) is 29.8 Å². The summed E-state index contributed by atoms with van der Waals surface area (Å²) in [6.07, 6.45) is 5.88. The Hall–Kier alpha value is -2.35. The number of hydrogen-bond donors (Lipinski definition) is 2. The van der Waals surface area contributed by atoms with E-state index in [1.807, 2.05) is 41.9 Å². The number of nitrogens with two attached hydrogens (primary N) is 1. The summed E-state index contributed by atoms with van der Waals surface area (Å²) in [7, 11) is 1.87. The van der Waals surface area contributed by atoms with Crippen molar-refractivity contribution in [3.05, 3.63) is 40.3 Å². The SMILES string of the molecule is Cn1cc([C@H]2CCCN2C(=O)C[C@@H](NC(N)=O)c2cccs2)cn1. The molecule has 2 aromatic rings. The number of carbonyl (C=O) groups excluding carboxylic acids is 2. The number of urea groups is 1. The number of rotatable bonds is 5. The number of thiophene rings is 1. The number of carbonyl (C=O) groups is 2. The smallest absolute Gasteiger partial charge is 0.312 e. The van der Waals surface area contributed by atoms with E-state index in [2.05, 4.69) is 10.4 Å². The van der Waals surface area contributed by atoms with Crippen LogP contribution in [-0.2, 0) is 11.8 Å². The Kier molecular flexibility index (Phi) is 4.84. The zero-order valence-corrected chi connectivity index (χ0v) is 14.3. The summed E-state index contributed by atoms with van der Waals surface area (Å²) in [6.45, 7) is 0.728. The van der Waals surface area contributed by atoms with E-state index in [9.17, 15) is 9.59 Å². The third-order valence-electron chi connectivity index (χ3n) is 4.26. The summed E-state index contributed by atoms with van der Waals surface area (Å²) < 4.78 is 1.75. The van der Waals surface area contributed by atoms with E-state index >= 15 is 0 Å². The molecule has 0 radical (unpaired) electrons. The van der Waals surface area contributed by atoms with Gasteiger partial charge in [0.1, 0.15) is 0 Å². The van der Waals surface area contributed by atoms with Crippen LogP contribution in [0.1, 0.15) is 41.8 Å². The Morgan fingerprint density at radius 2 is 2.38 bits per heavy atom. The molecule has 0 bridgehead atoms. The Labute approximate surface area is 144 Å². The number of amides is 3. The van der Waals surface area contributed by atoms with Gasteiger partial charge in [0.15, 0.2) is 0 Å². The van der Waals surface area contributed by atoms with Crippen LogP contribution in [0.2, 0.25) is 0 Å². The fourth-order valence-electron chi connectivity index (χ4n) is 3.20. The molecule has 3 rings (SSSR count). The van der Waals surface area contributed by atoms with Crippen molar-refractivity contribution in [2.24, 2.45) is 12.8 Å². The van der Waals surface area contributed by atoms with Gasteiger partial charge in [-0.25, -0.2) is 4.79 Å². The minimum atomic E-state index is -0.619. The molecule has 0 unspecified atom stereocenters. The normalized spacial score (nSPS) is 18.5. The summed E-state index contributed by atoms with van der Waals surface area (Å²) in [5.74, 6) is 0.0218. The highest BCUT2D eigenvalue weighted by Gasteiger charge is 2.32. The molecule has 0 aliphatic carbocycles. The third-order valence-corrected chi connectivity index (χ3v) is 5.25. The Morgan fingerprint density at radius 3 is 3.00 bits per heavy atom. The molecular formula is C16H21N5O2S. The van der Waals surface area contributed by atoms with Crippen molar-refractivity contribution < 1.29 is 9.59 Å². The molecule has 3 amide bonds.